The fourth-order valence-corrected chi connectivity index (χ4v) is 2.52. The summed E-state index contributed by atoms with van der Waals surface area (Å²) in [7, 11) is 7.93. The van der Waals surface area contributed by atoms with Crippen molar-refractivity contribution in [2.45, 2.75) is 24.8 Å². The molecule has 18 heavy (non-hydrogen) atoms. The Hall–Kier alpha value is -0.650. The molecule has 1 saturated heterocycles. The molecule has 0 aromatic heterocycles. The zero-order valence-corrected chi connectivity index (χ0v) is 12.3. The lowest BCUT2D eigenvalue weighted by Crippen LogP contribution is -2.60. The van der Waals surface area contributed by atoms with E-state index in [1.165, 1.54) is 0 Å². The Morgan fingerprint density at radius 2 is 1.83 bits per heavy atom. The highest BCUT2D eigenvalue weighted by Crippen LogP contribution is 2.20. The monoisotopic (exact) mass is 256 g/mol. The van der Waals surface area contributed by atoms with Crippen LogP contribution in [0.2, 0.25) is 0 Å². The minimum Gasteiger partial charge on any atom is -0.344 e. The van der Waals surface area contributed by atoms with Crippen LogP contribution >= 0.6 is 0 Å². The van der Waals surface area contributed by atoms with Crippen LogP contribution in [0.5, 0.6) is 0 Å². The molecule has 5 nitrogen and oxygen atoms in total. The Labute approximate surface area is 111 Å². The van der Waals surface area contributed by atoms with Gasteiger partial charge in [-0.15, -0.1) is 0 Å². The van der Waals surface area contributed by atoms with Crippen LogP contribution in [0.4, 0.5) is 0 Å². The highest BCUT2D eigenvalue weighted by Gasteiger charge is 2.39. The number of rotatable bonds is 6. The van der Waals surface area contributed by atoms with E-state index >= 15 is 0 Å². The van der Waals surface area contributed by atoms with Crippen molar-refractivity contribution in [3.05, 3.63) is 0 Å². The molecule has 0 atom stereocenters. The second-order valence-corrected chi connectivity index (χ2v) is 5.47. The number of amides is 1. The van der Waals surface area contributed by atoms with Crippen LogP contribution in [0.15, 0.2) is 0 Å². The number of hydrogen-bond acceptors (Lipinski definition) is 4. The van der Waals surface area contributed by atoms with Crippen molar-refractivity contribution in [3.8, 4) is 0 Å². The van der Waals surface area contributed by atoms with Gasteiger partial charge >= 0.3 is 0 Å². The second kappa shape index (κ2) is 7.07. The minimum absolute atomic E-state index is 0.241. The van der Waals surface area contributed by atoms with Crippen molar-refractivity contribution in [3.63, 3.8) is 0 Å². The molecule has 0 spiro atoms. The zero-order valence-electron chi connectivity index (χ0n) is 12.3. The number of carbonyl (C=O) groups is 1. The Bertz CT molecular complexity index is 262. The molecular formula is C13H28N4O. The molecule has 1 aliphatic rings. The lowest BCUT2D eigenvalue weighted by Gasteiger charge is -2.38. The van der Waals surface area contributed by atoms with Crippen molar-refractivity contribution in [2.75, 3.05) is 54.4 Å². The van der Waals surface area contributed by atoms with E-state index in [1.54, 1.807) is 0 Å². The van der Waals surface area contributed by atoms with Crippen molar-refractivity contribution in [2.24, 2.45) is 0 Å². The molecule has 0 aromatic rings. The standard InChI is InChI=1S/C13H28N4O/c1-14-13(6-8-15-9-7-13)12(18)17(4)11-5-10-16(2)3/h14-15H,5-11H2,1-4H3. The molecule has 0 radical (unpaired) electrons. The van der Waals surface area contributed by atoms with E-state index in [-0.39, 0.29) is 11.4 Å². The van der Waals surface area contributed by atoms with Gasteiger partial charge in [0.1, 0.15) is 5.54 Å². The van der Waals surface area contributed by atoms with Gasteiger partial charge in [0.05, 0.1) is 0 Å². The van der Waals surface area contributed by atoms with Gasteiger partial charge in [-0.3, -0.25) is 4.79 Å². The highest BCUT2D eigenvalue weighted by molar-refractivity contribution is 5.86. The van der Waals surface area contributed by atoms with Gasteiger partial charge < -0.3 is 20.4 Å². The van der Waals surface area contributed by atoms with E-state index in [0.717, 1.165) is 45.4 Å². The Morgan fingerprint density at radius 3 is 2.33 bits per heavy atom. The fraction of sp³-hybridized carbons (Fsp3) is 0.923. The topological polar surface area (TPSA) is 47.6 Å². The SMILES string of the molecule is CNC1(C(=O)N(C)CCCN(C)C)CCNCC1. The van der Waals surface area contributed by atoms with Gasteiger partial charge in [-0.1, -0.05) is 0 Å². The Morgan fingerprint density at radius 1 is 1.22 bits per heavy atom. The summed E-state index contributed by atoms with van der Waals surface area (Å²) in [6.07, 6.45) is 2.77. The number of likely N-dealkylation sites (N-methyl/N-ethyl adjacent to an activating group) is 2. The third-order valence-corrected chi connectivity index (χ3v) is 3.79. The highest BCUT2D eigenvalue weighted by atomic mass is 16.2. The smallest absolute Gasteiger partial charge is 0.242 e. The van der Waals surface area contributed by atoms with Crippen LogP contribution in [0, 0.1) is 0 Å². The first kappa shape index (κ1) is 15.4. The van der Waals surface area contributed by atoms with Gasteiger partial charge in [-0.05, 0) is 60.0 Å². The average Bonchev–Trinajstić information content (AvgIpc) is 2.38. The van der Waals surface area contributed by atoms with Gasteiger partial charge in [0.2, 0.25) is 5.91 Å². The molecule has 5 heteroatoms. The van der Waals surface area contributed by atoms with E-state index in [1.807, 2.05) is 19.0 Å². The lowest BCUT2D eigenvalue weighted by molar-refractivity contribution is -0.138. The molecule has 1 fully saturated rings. The average molecular weight is 256 g/mol. The van der Waals surface area contributed by atoms with Gasteiger partial charge in [-0.25, -0.2) is 0 Å². The number of carbonyl (C=O) groups excluding carboxylic acids is 1. The number of piperidine rings is 1. The molecule has 0 bridgehead atoms. The van der Waals surface area contributed by atoms with Gasteiger partial charge in [0.25, 0.3) is 0 Å². The predicted octanol–water partition coefficient (Wildman–Crippen LogP) is -0.262. The van der Waals surface area contributed by atoms with E-state index in [9.17, 15) is 4.79 Å². The third-order valence-electron chi connectivity index (χ3n) is 3.79. The van der Waals surface area contributed by atoms with Crippen LogP contribution in [0.1, 0.15) is 19.3 Å². The summed E-state index contributed by atoms with van der Waals surface area (Å²) in [5.74, 6) is 0.241. The summed E-state index contributed by atoms with van der Waals surface area (Å²) >= 11 is 0. The second-order valence-electron chi connectivity index (χ2n) is 5.47. The van der Waals surface area contributed by atoms with Gasteiger partial charge in [-0.2, -0.15) is 0 Å². The molecule has 2 N–H and O–H groups in total. The number of nitrogens with one attached hydrogen (secondary N) is 2. The molecule has 106 valence electrons. The van der Waals surface area contributed by atoms with Crippen molar-refractivity contribution in [1.29, 1.82) is 0 Å². The largest absolute Gasteiger partial charge is 0.344 e. The third kappa shape index (κ3) is 3.93. The molecular weight excluding hydrogens is 228 g/mol. The molecule has 0 aromatic carbocycles. The molecule has 0 aliphatic carbocycles. The molecule has 1 amide bonds. The fourth-order valence-electron chi connectivity index (χ4n) is 2.52. The van der Waals surface area contributed by atoms with Gasteiger partial charge in [0.15, 0.2) is 0 Å². The van der Waals surface area contributed by atoms with E-state index in [2.05, 4.69) is 29.6 Å². The first-order chi connectivity index (χ1) is 8.52. The van der Waals surface area contributed by atoms with Crippen molar-refractivity contribution >= 4 is 5.91 Å². The maximum absolute atomic E-state index is 12.5. The molecule has 1 rings (SSSR count). The number of hydrogen-bond donors (Lipinski definition) is 2. The van der Waals surface area contributed by atoms with Crippen LogP contribution in [-0.4, -0.2) is 75.6 Å². The summed E-state index contributed by atoms with van der Waals surface area (Å²) in [4.78, 5) is 16.6. The van der Waals surface area contributed by atoms with Crippen molar-refractivity contribution < 1.29 is 4.79 Å². The lowest BCUT2D eigenvalue weighted by atomic mass is 9.87. The molecule has 1 heterocycles. The quantitative estimate of drug-likeness (QED) is 0.687. The van der Waals surface area contributed by atoms with Gasteiger partial charge in [0, 0.05) is 13.6 Å². The van der Waals surface area contributed by atoms with Crippen molar-refractivity contribution in [1.82, 2.24) is 20.4 Å². The van der Waals surface area contributed by atoms with E-state index in [4.69, 9.17) is 0 Å². The van der Waals surface area contributed by atoms with Crippen LogP contribution in [0.3, 0.4) is 0 Å². The first-order valence-corrected chi connectivity index (χ1v) is 6.82. The first-order valence-electron chi connectivity index (χ1n) is 6.82. The predicted molar refractivity (Wildman–Crippen MR) is 74.7 cm³/mol. The van der Waals surface area contributed by atoms with E-state index < -0.39 is 0 Å². The normalized spacial score (nSPS) is 18.9. The van der Waals surface area contributed by atoms with E-state index in [0.29, 0.717) is 0 Å². The molecule has 1 aliphatic heterocycles. The summed E-state index contributed by atoms with van der Waals surface area (Å²) in [5, 5.41) is 6.56. The van der Waals surface area contributed by atoms with Crippen LogP contribution in [0.25, 0.3) is 0 Å². The summed E-state index contributed by atoms with van der Waals surface area (Å²) < 4.78 is 0. The Kier molecular flexibility index (Phi) is 6.05. The minimum atomic E-state index is -0.349. The summed E-state index contributed by atoms with van der Waals surface area (Å²) in [6, 6.07) is 0. The summed E-state index contributed by atoms with van der Waals surface area (Å²) in [6.45, 7) is 3.68. The summed E-state index contributed by atoms with van der Waals surface area (Å²) in [5.41, 5.74) is -0.349. The molecule has 0 unspecified atom stereocenters. The van der Waals surface area contributed by atoms with Crippen LogP contribution in [-0.2, 0) is 4.79 Å². The zero-order chi connectivity index (χ0) is 13.6. The number of nitrogens with zero attached hydrogens (tertiary/aromatic N) is 2. The molecule has 0 saturated carbocycles. The Balaban J connectivity index is 2.49. The maximum Gasteiger partial charge on any atom is 0.242 e. The maximum atomic E-state index is 12.5. The van der Waals surface area contributed by atoms with Crippen LogP contribution < -0.4 is 10.6 Å².